The molecule has 5 heteroatoms. The lowest BCUT2D eigenvalue weighted by molar-refractivity contribution is 0.459. The molecule has 0 saturated carbocycles. The fourth-order valence-corrected chi connectivity index (χ4v) is 2.17. The number of rotatable bonds is 3. The number of aromatic hydroxyl groups is 1. The molecule has 0 aliphatic carbocycles. The molecule has 5 nitrogen and oxygen atoms in total. The lowest BCUT2D eigenvalue weighted by Crippen LogP contribution is -2.09. The van der Waals surface area contributed by atoms with E-state index in [-0.39, 0.29) is 5.88 Å². The molecule has 3 rings (SSSR count). The van der Waals surface area contributed by atoms with Crippen molar-refractivity contribution in [1.29, 1.82) is 0 Å². The van der Waals surface area contributed by atoms with E-state index in [4.69, 9.17) is 0 Å². The van der Waals surface area contributed by atoms with E-state index in [1.165, 1.54) is 6.20 Å². The van der Waals surface area contributed by atoms with E-state index in [1.807, 2.05) is 30.3 Å². The van der Waals surface area contributed by atoms with E-state index in [2.05, 4.69) is 34.1 Å². The Bertz CT molecular complexity index is 769. The van der Waals surface area contributed by atoms with Crippen molar-refractivity contribution in [3.05, 3.63) is 42.7 Å². The van der Waals surface area contributed by atoms with Gasteiger partial charge in [0, 0.05) is 29.7 Å². The number of hydrogen-bond donors (Lipinski definition) is 2. The molecule has 0 amide bonds. The molecule has 2 aromatic heterocycles. The average molecular weight is 280 g/mol. The summed E-state index contributed by atoms with van der Waals surface area (Å²) in [5.41, 5.74) is 3.70. The van der Waals surface area contributed by atoms with Crippen LogP contribution in [0.1, 0.15) is 13.8 Å². The Balaban J connectivity index is 2.00. The highest BCUT2D eigenvalue weighted by atomic mass is 16.3. The summed E-state index contributed by atoms with van der Waals surface area (Å²) in [6.45, 7) is 4.19. The number of anilines is 1. The SMILES string of the molecule is CC(C)Nc1ccc(-c2cc3nccnc3c(O)n2)cc1. The molecule has 3 aromatic rings. The van der Waals surface area contributed by atoms with Gasteiger partial charge in [-0.3, -0.25) is 4.98 Å². The lowest BCUT2D eigenvalue weighted by atomic mass is 10.1. The van der Waals surface area contributed by atoms with Crippen LogP contribution in [0.2, 0.25) is 0 Å². The number of fused-ring (bicyclic) bond motifs is 1. The summed E-state index contributed by atoms with van der Waals surface area (Å²) in [6.07, 6.45) is 3.14. The standard InChI is InChI=1S/C16H16N4O/c1-10(2)19-12-5-3-11(4-6-12)13-9-14-15(16(21)20-13)18-8-7-17-14/h3-10,19H,1-2H3,(H,20,21). The van der Waals surface area contributed by atoms with Gasteiger partial charge >= 0.3 is 0 Å². The van der Waals surface area contributed by atoms with Gasteiger partial charge in [0.2, 0.25) is 5.88 Å². The summed E-state index contributed by atoms with van der Waals surface area (Å²) in [7, 11) is 0. The zero-order valence-electron chi connectivity index (χ0n) is 11.9. The third-order valence-corrected chi connectivity index (χ3v) is 3.07. The molecular weight excluding hydrogens is 264 g/mol. The largest absolute Gasteiger partial charge is 0.492 e. The van der Waals surface area contributed by atoms with E-state index in [9.17, 15) is 5.11 Å². The fraction of sp³-hybridized carbons (Fsp3) is 0.188. The maximum absolute atomic E-state index is 9.96. The molecule has 0 atom stereocenters. The van der Waals surface area contributed by atoms with E-state index in [0.717, 1.165) is 11.3 Å². The highest BCUT2D eigenvalue weighted by molar-refractivity contribution is 5.83. The van der Waals surface area contributed by atoms with Crippen molar-refractivity contribution in [3.63, 3.8) is 0 Å². The van der Waals surface area contributed by atoms with Gasteiger partial charge in [-0.1, -0.05) is 12.1 Å². The monoisotopic (exact) mass is 280 g/mol. The van der Waals surface area contributed by atoms with Crippen LogP contribution in [0.25, 0.3) is 22.3 Å². The fourth-order valence-electron chi connectivity index (χ4n) is 2.17. The Morgan fingerprint density at radius 2 is 1.76 bits per heavy atom. The molecular formula is C16H16N4O. The highest BCUT2D eigenvalue weighted by Crippen LogP contribution is 2.26. The maximum atomic E-state index is 9.96. The van der Waals surface area contributed by atoms with Crippen LogP contribution >= 0.6 is 0 Å². The minimum absolute atomic E-state index is 0.0972. The minimum Gasteiger partial charge on any atom is -0.492 e. The first-order chi connectivity index (χ1) is 10.1. The second-order valence-electron chi connectivity index (χ2n) is 5.13. The summed E-state index contributed by atoms with van der Waals surface area (Å²) in [6, 6.07) is 10.1. The van der Waals surface area contributed by atoms with Crippen LogP contribution in [0, 0.1) is 0 Å². The van der Waals surface area contributed by atoms with Crippen LogP contribution in [0.3, 0.4) is 0 Å². The van der Waals surface area contributed by atoms with Gasteiger partial charge in [-0.25, -0.2) is 9.97 Å². The normalized spacial score (nSPS) is 11.0. The van der Waals surface area contributed by atoms with E-state index in [1.54, 1.807) is 6.20 Å². The van der Waals surface area contributed by atoms with Gasteiger partial charge < -0.3 is 10.4 Å². The van der Waals surface area contributed by atoms with Crippen molar-refractivity contribution in [1.82, 2.24) is 15.0 Å². The van der Waals surface area contributed by atoms with Gasteiger partial charge in [0.05, 0.1) is 11.2 Å². The molecule has 0 aliphatic rings. The lowest BCUT2D eigenvalue weighted by Gasteiger charge is -2.10. The molecule has 21 heavy (non-hydrogen) atoms. The Kier molecular flexibility index (Phi) is 3.39. The zero-order valence-corrected chi connectivity index (χ0v) is 11.9. The molecule has 2 N–H and O–H groups in total. The van der Waals surface area contributed by atoms with Crippen LogP contribution in [0.15, 0.2) is 42.7 Å². The molecule has 0 fully saturated rings. The molecule has 0 spiro atoms. The maximum Gasteiger partial charge on any atom is 0.240 e. The molecule has 0 unspecified atom stereocenters. The minimum atomic E-state index is -0.0972. The van der Waals surface area contributed by atoms with Crippen molar-refractivity contribution in [3.8, 4) is 17.1 Å². The van der Waals surface area contributed by atoms with Gasteiger partial charge in [0.1, 0.15) is 0 Å². The first-order valence-electron chi connectivity index (χ1n) is 6.81. The van der Waals surface area contributed by atoms with E-state index >= 15 is 0 Å². The van der Waals surface area contributed by atoms with Crippen molar-refractivity contribution in [2.24, 2.45) is 0 Å². The average Bonchev–Trinajstić information content (AvgIpc) is 2.47. The van der Waals surface area contributed by atoms with Crippen molar-refractivity contribution < 1.29 is 5.11 Å². The topological polar surface area (TPSA) is 70.9 Å². The molecule has 106 valence electrons. The van der Waals surface area contributed by atoms with Crippen LogP contribution in [-0.2, 0) is 0 Å². The van der Waals surface area contributed by atoms with Crippen LogP contribution in [0.4, 0.5) is 5.69 Å². The summed E-state index contributed by atoms with van der Waals surface area (Å²) < 4.78 is 0. The highest BCUT2D eigenvalue weighted by Gasteiger charge is 2.08. The summed E-state index contributed by atoms with van der Waals surface area (Å²) in [5, 5.41) is 13.3. The van der Waals surface area contributed by atoms with Crippen LogP contribution in [0.5, 0.6) is 5.88 Å². The number of hydrogen-bond acceptors (Lipinski definition) is 5. The second kappa shape index (κ2) is 5.36. The van der Waals surface area contributed by atoms with Gasteiger partial charge in [-0.2, -0.15) is 0 Å². The van der Waals surface area contributed by atoms with Crippen molar-refractivity contribution in [2.75, 3.05) is 5.32 Å². The predicted molar refractivity (Wildman–Crippen MR) is 83.2 cm³/mol. The molecule has 0 saturated heterocycles. The number of pyridine rings is 1. The van der Waals surface area contributed by atoms with Gasteiger partial charge in [0.25, 0.3) is 0 Å². The number of nitrogens with one attached hydrogen (secondary N) is 1. The van der Waals surface area contributed by atoms with Crippen LogP contribution in [-0.4, -0.2) is 26.1 Å². The first-order valence-corrected chi connectivity index (χ1v) is 6.81. The summed E-state index contributed by atoms with van der Waals surface area (Å²) in [4.78, 5) is 12.5. The summed E-state index contributed by atoms with van der Waals surface area (Å²) in [5.74, 6) is -0.0972. The molecule has 0 aliphatic heterocycles. The third kappa shape index (κ3) is 2.76. The van der Waals surface area contributed by atoms with E-state index < -0.39 is 0 Å². The Morgan fingerprint density at radius 3 is 2.48 bits per heavy atom. The first kappa shape index (κ1) is 13.3. The van der Waals surface area contributed by atoms with Gasteiger partial charge in [-0.15, -0.1) is 0 Å². The van der Waals surface area contributed by atoms with Gasteiger partial charge in [0.15, 0.2) is 5.52 Å². The summed E-state index contributed by atoms with van der Waals surface area (Å²) >= 11 is 0. The Hall–Kier alpha value is -2.69. The Labute approximate surface area is 122 Å². The smallest absolute Gasteiger partial charge is 0.240 e. The van der Waals surface area contributed by atoms with Crippen molar-refractivity contribution >= 4 is 16.7 Å². The van der Waals surface area contributed by atoms with E-state index in [0.29, 0.717) is 22.8 Å². The molecule has 2 heterocycles. The molecule has 1 aromatic carbocycles. The number of aromatic nitrogens is 3. The van der Waals surface area contributed by atoms with Crippen LogP contribution < -0.4 is 5.32 Å². The Morgan fingerprint density at radius 1 is 1.05 bits per heavy atom. The second-order valence-corrected chi connectivity index (χ2v) is 5.13. The quantitative estimate of drug-likeness (QED) is 0.770. The predicted octanol–water partition coefficient (Wildman–Crippen LogP) is 3.22. The molecule has 0 radical (unpaired) electrons. The zero-order chi connectivity index (χ0) is 14.8. The van der Waals surface area contributed by atoms with Gasteiger partial charge in [-0.05, 0) is 32.0 Å². The number of nitrogens with zero attached hydrogens (tertiary/aromatic N) is 3. The molecule has 0 bridgehead atoms. The number of benzene rings is 1. The third-order valence-electron chi connectivity index (χ3n) is 3.07. The van der Waals surface area contributed by atoms with Crippen molar-refractivity contribution in [2.45, 2.75) is 19.9 Å².